The Bertz CT molecular complexity index is 1790. The van der Waals surface area contributed by atoms with Crippen molar-refractivity contribution in [2.24, 2.45) is 5.92 Å². The van der Waals surface area contributed by atoms with Crippen LogP contribution in [0.5, 0.6) is 6.01 Å². The predicted molar refractivity (Wildman–Crippen MR) is 186 cm³/mol. The quantitative estimate of drug-likeness (QED) is 0.241. The molecule has 7 rings (SSSR count). The molecular weight excluding hydrogens is 602 g/mol. The van der Waals surface area contributed by atoms with Crippen molar-refractivity contribution in [3.8, 4) is 12.1 Å². The van der Waals surface area contributed by atoms with Crippen LogP contribution in [-0.4, -0.2) is 84.3 Å². The number of rotatable bonds is 8. The first kappa shape index (κ1) is 31.7. The lowest BCUT2D eigenvalue weighted by molar-refractivity contribution is 0.0767. The Balaban J connectivity index is 1.15. The third kappa shape index (κ3) is 6.74. The second kappa shape index (κ2) is 14.1. The highest BCUT2D eigenvalue weighted by molar-refractivity contribution is 5.94. The number of nitrogens with zero attached hydrogens (tertiary/aromatic N) is 7. The van der Waals surface area contributed by atoms with Crippen molar-refractivity contribution in [3.05, 3.63) is 89.6 Å². The summed E-state index contributed by atoms with van der Waals surface area (Å²) in [6.07, 6.45) is 1.67. The number of carbonyl (C=O) groups excluding carboxylic acids is 1. The van der Waals surface area contributed by atoms with Crippen molar-refractivity contribution in [1.29, 1.82) is 5.26 Å². The number of ether oxygens (including phenoxy) is 2. The van der Waals surface area contributed by atoms with Gasteiger partial charge in [-0.25, -0.2) is 4.79 Å². The lowest BCUT2D eigenvalue weighted by Crippen LogP contribution is -2.55. The van der Waals surface area contributed by atoms with Crippen LogP contribution in [0.4, 0.5) is 16.3 Å². The molecule has 10 nitrogen and oxygen atoms in total. The van der Waals surface area contributed by atoms with Crippen molar-refractivity contribution in [1.82, 2.24) is 19.8 Å². The van der Waals surface area contributed by atoms with Crippen LogP contribution in [-0.2, 0) is 24.3 Å². The largest absolute Gasteiger partial charge is 0.462 e. The summed E-state index contributed by atoms with van der Waals surface area (Å²) in [4.78, 5) is 32.0. The van der Waals surface area contributed by atoms with Crippen LogP contribution in [0.3, 0.4) is 0 Å². The average Bonchev–Trinajstić information content (AvgIpc) is 3.45. The van der Waals surface area contributed by atoms with Crippen LogP contribution in [0.25, 0.3) is 10.8 Å². The number of anilines is 2. The third-order valence-electron chi connectivity index (χ3n) is 9.98. The van der Waals surface area contributed by atoms with Gasteiger partial charge in [-0.15, -0.1) is 0 Å². The molecule has 0 bridgehead atoms. The second-order valence-electron chi connectivity index (χ2n) is 13.4. The van der Waals surface area contributed by atoms with E-state index in [1.165, 1.54) is 16.5 Å². The summed E-state index contributed by atoms with van der Waals surface area (Å²) in [5, 5.41) is 12.2. The lowest BCUT2D eigenvalue weighted by Gasteiger charge is -2.42. The molecule has 0 saturated carbocycles. The number of likely N-dealkylation sites (N-methyl/N-ethyl adjacent to an activating group) is 1. The SMILES string of the molecule is C[C@@H]1C[C@@H](COc2nc3c(c(N4CCN(C(=O)OCc5ccccc5)C(CC#N)C4)n2)CCN(c2cccc4ccccc24)C3)N(C)C1. The number of likely N-dealkylation sites (tertiary alicyclic amines) is 1. The first-order chi connectivity index (χ1) is 23.5. The second-order valence-corrected chi connectivity index (χ2v) is 13.4. The zero-order chi connectivity index (χ0) is 33.0. The summed E-state index contributed by atoms with van der Waals surface area (Å²) in [5.74, 6) is 1.48. The number of carbonyl (C=O) groups is 1. The van der Waals surface area contributed by atoms with E-state index >= 15 is 0 Å². The van der Waals surface area contributed by atoms with Crippen molar-refractivity contribution in [2.45, 2.75) is 51.4 Å². The molecule has 48 heavy (non-hydrogen) atoms. The smallest absolute Gasteiger partial charge is 0.410 e. The maximum absolute atomic E-state index is 13.2. The van der Waals surface area contributed by atoms with Crippen LogP contribution >= 0.6 is 0 Å². The van der Waals surface area contributed by atoms with Gasteiger partial charge in [-0.3, -0.25) is 4.90 Å². The lowest BCUT2D eigenvalue weighted by atomic mass is 10.0. The number of piperazine rings is 1. The zero-order valence-corrected chi connectivity index (χ0v) is 27.8. The first-order valence-corrected chi connectivity index (χ1v) is 17.0. The fourth-order valence-corrected chi connectivity index (χ4v) is 7.50. The van der Waals surface area contributed by atoms with Gasteiger partial charge in [0.15, 0.2) is 0 Å². The molecule has 4 aromatic rings. The molecule has 10 heteroatoms. The molecule has 2 saturated heterocycles. The van der Waals surface area contributed by atoms with Crippen LogP contribution in [0.1, 0.15) is 36.6 Å². The van der Waals surface area contributed by atoms with Gasteiger partial charge < -0.3 is 24.2 Å². The van der Waals surface area contributed by atoms with Gasteiger partial charge in [0.2, 0.25) is 0 Å². The number of aromatic nitrogens is 2. The number of nitriles is 1. The van der Waals surface area contributed by atoms with Crippen LogP contribution in [0.2, 0.25) is 0 Å². The Hall–Kier alpha value is -4.88. The van der Waals surface area contributed by atoms with Crippen LogP contribution in [0, 0.1) is 17.2 Å². The number of amides is 1. The standard InChI is InChI=1S/C38H43N7O3/c1-27-21-31(42(2)22-27)26-47-37-40-34-24-43(35-14-8-12-29-11-6-7-13-32(29)35)18-16-33(34)36(41-37)44-19-20-45(30(23-44)15-17-39)38(46)48-25-28-9-4-3-5-10-28/h3-14,27,30-31H,15-16,18-26H2,1-2H3/t27-,30?,31+/m1/s1. The molecule has 3 aromatic carbocycles. The van der Waals surface area contributed by atoms with Gasteiger partial charge in [0.1, 0.15) is 19.0 Å². The Labute approximate surface area is 282 Å². The Morgan fingerprint density at radius 3 is 2.56 bits per heavy atom. The molecule has 0 radical (unpaired) electrons. The Morgan fingerprint density at radius 2 is 1.75 bits per heavy atom. The Morgan fingerprint density at radius 1 is 0.938 bits per heavy atom. The van der Waals surface area contributed by atoms with Gasteiger partial charge in [-0.05, 0) is 42.8 Å². The van der Waals surface area contributed by atoms with Crippen molar-refractivity contribution < 1.29 is 14.3 Å². The maximum Gasteiger partial charge on any atom is 0.410 e. The fraction of sp³-hybridized carbons (Fsp3) is 0.421. The van der Waals surface area contributed by atoms with E-state index in [-0.39, 0.29) is 19.1 Å². The van der Waals surface area contributed by atoms with E-state index in [0.29, 0.717) is 50.8 Å². The van der Waals surface area contributed by atoms with E-state index in [2.05, 4.69) is 77.2 Å². The summed E-state index contributed by atoms with van der Waals surface area (Å²) in [5.41, 5.74) is 4.20. The summed E-state index contributed by atoms with van der Waals surface area (Å²) in [6.45, 7) is 7.02. The van der Waals surface area contributed by atoms with E-state index in [0.717, 1.165) is 48.6 Å². The van der Waals surface area contributed by atoms with Gasteiger partial charge in [0.05, 0.1) is 30.8 Å². The molecule has 2 fully saturated rings. The maximum atomic E-state index is 13.2. The van der Waals surface area contributed by atoms with Gasteiger partial charge in [-0.1, -0.05) is 73.7 Å². The molecule has 3 aliphatic heterocycles. The molecule has 4 heterocycles. The number of hydrogen-bond donors (Lipinski definition) is 0. The van der Waals surface area contributed by atoms with Gasteiger partial charge in [0.25, 0.3) is 0 Å². The fourth-order valence-electron chi connectivity index (χ4n) is 7.50. The van der Waals surface area contributed by atoms with E-state index in [1.807, 2.05) is 30.3 Å². The average molecular weight is 646 g/mol. The van der Waals surface area contributed by atoms with E-state index < -0.39 is 6.09 Å². The molecule has 1 amide bonds. The van der Waals surface area contributed by atoms with Gasteiger partial charge >= 0.3 is 12.1 Å². The van der Waals surface area contributed by atoms with Crippen molar-refractivity contribution in [2.75, 3.05) is 56.2 Å². The number of fused-ring (bicyclic) bond motifs is 2. The minimum Gasteiger partial charge on any atom is -0.462 e. The number of hydrogen-bond acceptors (Lipinski definition) is 9. The molecule has 0 aliphatic carbocycles. The van der Waals surface area contributed by atoms with Crippen molar-refractivity contribution in [3.63, 3.8) is 0 Å². The zero-order valence-electron chi connectivity index (χ0n) is 27.8. The van der Waals surface area contributed by atoms with Crippen molar-refractivity contribution >= 4 is 28.4 Å². The molecule has 3 aliphatic rings. The highest BCUT2D eigenvalue weighted by Crippen LogP contribution is 2.35. The molecule has 1 unspecified atom stereocenters. The number of benzene rings is 3. The molecule has 3 atom stereocenters. The predicted octanol–water partition coefficient (Wildman–Crippen LogP) is 5.65. The monoisotopic (exact) mass is 645 g/mol. The van der Waals surface area contributed by atoms with Crippen LogP contribution < -0.4 is 14.5 Å². The molecule has 0 spiro atoms. The molecule has 0 N–H and O–H groups in total. The van der Waals surface area contributed by atoms with E-state index in [4.69, 9.17) is 19.4 Å². The topological polar surface area (TPSA) is 98.1 Å². The van der Waals surface area contributed by atoms with E-state index in [1.54, 1.807) is 4.90 Å². The molecule has 248 valence electrons. The Kier molecular flexibility index (Phi) is 9.30. The highest BCUT2D eigenvalue weighted by Gasteiger charge is 2.35. The minimum absolute atomic E-state index is 0.196. The summed E-state index contributed by atoms with van der Waals surface area (Å²) >= 11 is 0. The first-order valence-electron chi connectivity index (χ1n) is 17.0. The minimum atomic E-state index is -0.395. The molecular formula is C38H43N7O3. The summed E-state index contributed by atoms with van der Waals surface area (Å²) in [7, 11) is 2.15. The third-order valence-corrected chi connectivity index (χ3v) is 9.98. The highest BCUT2D eigenvalue weighted by atomic mass is 16.6. The summed E-state index contributed by atoms with van der Waals surface area (Å²) < 4.78 is 12.1. The normalized spacial score (nSPS) is 21.2. The van der Waals surface area contributed by atoms with E-state index in [9.17, 15) is 10.1 Å². The van der Waals surface area contributed by atoms with Gasteiger partial charge in [0, 0.05) is 55.4 Å². The van der Waals surface area contributed by atoms with Gasteiger partial charge in [-0.2, -0.15) is 15.2 Å². The molecule has 1 aromatic heterocycles. The van der Waals surface area contributed by atoms with Crippen LogP contribution in [0.15, 0.2) is 72.8 Å². The summed E-state index contributed by atoms with van der Waals surface area (Å²) in [6, 6.07) is 27.3.